The van der Waals surface area contributed by atoms with Crippen molar-refractivity contribution in [3.8, 4) is 0 Å². The summed E-state index contributed by atoms with van der Waals surface area (Å²) < 4.78 is 5.14. The van der Waals surface area contributed by atoms with Crippen LogP contribution in [0.5, 0.6) is 0 Å². The van der Waals surface area contributed by atoms with Crippen molar-refractivity contribution in [1.29, 1.82) is 0 Å². The second-order valence-corrected chi connectivity index (χ2v) is 11.5. The number of aromatic nitrogens is 4. The van der Waals surface area contributed by atoms with Gasteiger partial charge in [0.1, 0.15) is 23.7 Å². The van der Waals surface area contributed by atoms with E-state index in [1.165, 1.54) is 4.90 Å². The molecular weight excluding hydrogens is 590 g/mol. The molecule has 0 radical (unpaired) electrons. The third-order valence-corrected chi connectivity index (χ3v) is 6.95. The van der Waals surface area contributed by atoms with Gasteiger partial charge in [-0.15, -0.1) is 10.2 Å². The van der Waals surface area contributed by atoms with Crippen molar-refractivity contribution >= 4 is 41.4 Å². The molecule has 5 amide bonds. The largest absolute Gasteiger partial charge is 0.481 e. The average molecular weight is 630 g/mol. The molecule has 17 nitrogen and oxygen atoms in total. The van der Waals surface area contributed by atoms with Gasteiger partial charge in [0.05, 0.1) is 19.5 Å². The highest BCUT2D eigenvalue weighted by Gasteiger charge is 2.39. The molecule has 0 aliphatic carbocycles. The summed E-state index contributed by atoms with van der Waals surface area (Å²) >= 11 is 0. The van der Waals surface area contributed by atoms with Gasteiger partial charge in [-0.1, -0.05) is 43.7 Å². The van der Waals surface area contributed by atoms with Crippen LogP contribution in [0.4, 0.5) is 10.5 Å². The lowest BCUT2D eigenvalue weighted by Crippen LogP contribution is -2.57. The summed E-state index contributed by atoms with van der Waals surface area (Å²) in [7, 11) is 0. The number of alkyl carbamates (subject to hydrolysis) is 1. The molecule has 17 heteroatoms. The molecule has 0 saturated heterocycles. The van der Waals surface area contributed by atoms with Crippen molar-refractivity contribution in [3.05, 3.63) is 35.7 Å². The minimum absolute atomic E-state index is 0.0110. The Morgan fingerprint density at radius 3 is 2.42 bits per heavy atom. The molecule has 0 fully saturated rings. The van der Waals surface area contributed by atoms with Crippen molar-refractivity contribution in [2.24, 2.45) is 5.92 Å². The maximum atomic E-state index is 13.5. The normalized spacial score (nSPS) is 16.0. The van der Waals surface area contributed by atoms with Gasteiger partial charge in [-0.05, 0) is 38.3 Å². The zero-order valence-electron chi connectivity index (χ0n) is 25.7. The summed E-state index contributed by atoms with van der Waals surface area (Å²) in [5.41, 5.74) is 0.389. The number of carbonyl (C=O) groups excluding carboxylic acids is 5. The van der Waals surface area contributed by atoms with Crippen LogP contribution in [-0.4, -0.2) is 91.7 Å². The number of H-pyrrole nitrogens is 1. The fourth-order valence-electron chi connectivity index (χ4n) is 4.59. The second-order valence-electron chi connectivity index (χ2n) is 11.5. The zero-order valence-corrected chi connectivity index (χ0v) is 25.7. The molecule has 1 aromatic heterocycles. The predicted octanol–water partition coefficient (Wildman–Crippen LogP) is -0.211. The highest BCUT2D eigenvalue weighted by molar-refractivity contribution is 6.05. The van der Waals surface area contributed by atoms with E-state index in [4.69, 9.17) is 4.74 Å². The van der Waals surface area contributed by atoms with Gasteiger partial charge in [0.25, 0.3) is 0 Å². The molecule has 244 valence electrons. The minimum Gasteiger partial charge on any atom is -0.481 e. The van der Waals surface area contributed by atoms with E-state index in [2.05, 4.69) is 41.9 Å². The van der Waals surface area contributed by atoms with Crippen LogP contribution in [0.2, 0.25) is 0 Å². The van der Waals surface area contributed by atoms with Crippen molar-refractivity contribution in [2.45, 2.75) is 84.2 Å². The van der Waals surface area contributed by atoms with Crippen LogP contribution < -0.4 is 26.2 Å². The Morgan fingerprint density at radius 2 is 1.80 bits per heavy atom. The molecule has 0 spiro atoms. The van der Waals surface area contributed by atoms with Crippen molar-refractivity contribution in [3.63, 3.8) is 0 Å². The SMILES string of the molecule is CC[C@H](C)[C@H](NC(=O)C(CC(=O)O)NC(=O)OC(C)(C)C)C(=O)NCC(=O)N1c2ccccc2CC1C(=O)NCc1nn[nH]n1. The molecule has 1 aromatic carbocycles. The van der Waals surface area contributed by atoms with Gasteiger partial charge in [-0.2, -0.15) is 5.21 Å². The number of carboxylic acids is 1. The lowest BCUT2D eigenvalue weighted by Gasteiger charge is -2.28. The van der Waals surface area contributed by atoms with Crippen LogP contribution in [0, 0.1) is 5.92 Å². The molecule has 1 aliphatic rings. The zero-order chi connectivity index (χ0) is 33.3. The summed E-state index contributed by atoms with van der Waals surface area (Å²) in [6.07, 6.45) is -1.07. The van der Waals surface area contributed by atoms with Gasteiger partial charge in [-0.3, -0.25) is 28.9 Å². The Balaban J connectivity index is 1.70. The highest BCUT2D eigenvalue weighted by Crippen LogP contribution is 2.32. The number of para-hydroxylation sites is 1. The van der Waals surface area contributed by atoms with Gasteiger partial charge in [0.15, 0.2) is 5.82 Å². The van der Waals surface area contributed by atoms with E-state index in [0.29, 0.717) is 12.1 Å². The Labute approximate surface area is 259 Å². The fraction of sp³-hybridized carbons (Fsp3) is 0.536. The predicted molar refractivity (Wildman–Crippen MR) is 157 cm³/mol. The first-order valence-electron chi connectivity index (χ1n) is 14.4. The van der Waals surface area contributed by atoms with Gasteiger partial charge in [0, 0.05) is 12.1 Å². The summed E-state index contributed by atoms with van der Waals surface area (Å²) in [4.78, 5) is 78.0. The Kier molecular flexibility index (Phi) is 11.5. The lowest BCUT2D eigenvalue weighted by molar-refractivity contribution is -0.140. The maximum absolute atomic E-state index is 13.5. The molecule has 45 heavy (non-hydrogen) atoms. The van der Waals surface area contributed by atoms with Crippen molar-refractivity contribution in [2.75, 3.05) is 11.4 Å². The molecule has 6 N–H and O–H groups in total. The first-order valence-corrected chi connectivity index (χ1v) is 14.4. The quantitative estimate of drug-likeness (QED) is 0.169. The monoisotopic (exact) mass is 629 g/mol. The molecule has 2 unspecified atom stereocenters. The standard InChI is InChI=1S/C28H39N9O8/c1-6-15(2)23(32-24(41)17(12-22(39)40)31-27(44)45-28(3,4)5)26(43)30-14-21(38)37-18-10-8-7-9-16(18)11-19(37)25(42)29-13-20-33-35-36-34-20/h7-10,15,17,19,23H,6,11-14H2,1-5H3,(H,29,42)(H,30,43)(H,31,44)(H,32,41)(H,39,40)(H,33,34,35,36)/t15-,17?,19?,23-/m0/s1. The first-order chi connectivity index (χ1) is 21.2. The molecular formula is C28H39N9O8. The number of hydrogen-bond acceptors (Lipinski definition) is 10. The molecule has 2 heterocycles. The fourth-order valence-corrected chi connectivity index (χ4v) is 4.59. The Morgan fingerprint density at radius 1 is 1.09 bits per heavy atom. The molecule has 4 atom stereocenters. The second kappa shape index (κ2) is 15.1. The van der Waals surface area contributed by atoms with Gasteiger partial charge >= 0.3 is 12.1 Å². The van der Waals surface area contributed by atoms with Crippen LogP contribution in [-0.2, 0) is 41.7 Å². The smallest absolute Gasteiger partial charge is 0.408 e. The Hall–Kier alpha value is -5.09. The van der Waals surface area contributed by atoms with Crippen molar-refractivity contribution < 1.29 is 38.6 Å². The van der Waals surface area contributed by atoms with Gasteiger partial charge < -0.3 is 31.1 Å². The van der Waals surface area contributed by atoms with E-state index >= 15 is 0 Å². The van der Waals surface area contributed by atoms with E-state index in [1.807, 2.05) is 0 Å². The molecule has 0 bridgehead atoms. The van der Waals surface area contributed by atoms with Crippen LogP contribution >= 0.6 is 0 Å². The van der Waals surface area contributed by atoms with Gasteiger partial charge in [-0.25, -0.2) is 4.79 Å². The van der Waals surface area contributed by atoms with Crippen LogP contribution in [0.3, 0.4) is 0 Å². The van der Waals surface area contributed by atoms with Gasteiger partial charge in [0.2, 0.25) is 23.6 Å². The number of aliphatic carboxylic acids is 1. The minimum atomic E-state index is -1.54. The number of nitrogens with one attached hydrogen (secondary N) is 5. The number of carbonyl (C=O) groups is 6. The number of nitrogens with zero attached hydrogens (tertiary/aromatic N) is 4. The van der Waals surface area contributed by atoms with E-state index in [9.17, 15) is 33.9 Å². The summed E-state index contributed by atoms with van der Waals surface area (Å²) in [6.45, 7) is 7.79. The van der Waals surface area contributed by atoms with E-state index in [1.54, 1.807) is 58.9 Å². The number of aromatic amines is 1. The molecule has 1 aliphatic heterocycles. The number of fused-ring (bicyclic) bond motifs is 1. The highest BCUT2D eigenvalue weighted by atomic mass is 16.6. The third-order valence-electron chi connectivity index (χ3n) is 6.95. The molecule has 3 rings (SSSR count). The molecule has 0 saturated carbocycles. The lowest BCUT2D eigenvalue weighted by atomic mass is 9.97. The van der Waals surface area contributed by atoms with Crippen molar-refractivity contribution in [1.82, 2.24) is 41.9 Å². The van der Waals surface area contributed by atoms with E-state index in [0.717, 1.165) is 5.56 Å². The Bertz CT molecular complexity index is 1390. The average Bonchev–Trinajstić information content (AvgIpc) is 3.63. The number of carboxylic acid groups (broad SMARTS) is 1. The summed E-state index contributed by atoms with van der Waals surface area (Å²) in [6, 6.07) is 3.40. The number of anilines is 1. The number of tetrazole rings is 1. The van der Waals surface area contributed by atoms with E-state index < -0.39 is 78.3 Å². The summed E-state index contributed by atoms with van der Waals surface area (Å²) in [5.74, 6) is -4.19. The number of amides is 5. The van der Waals surface area contributed by atoms with Crippen LogP contribution in [0.1, 0.15) is 58.8 Å². The van der Waals surface area contributed by atoms with Crippen LogP contribution in [0.15, 0.2) is 24.3 Å². The molecule has 2 aromatic rings. The van der Waals surface area contributed by atoms with Crippen LogP contribution in [0.25, 0.3) is 0 Å². The number of rotatable bonds is 13. The number of ether oxygens (including phenoxy) is 1. The number of hydrogen-bond donors (Lipinski definition) is 6. The maximum Gasteiger partial charge on any atom is 0.408 e. The topological polar surface area (TPSA) is 238 Å². The number of benzene rings is 1. The van der Waals surface area contributed by atoms with E-state index in [-0.39, 0.29) is 18.8 Å². The summed E-state index contributed by atoms with van der Waals surface area (Å²) in [5, 5.41) is 32.6. The third kappa shape index (κ3) is 9.70. The first kappa shape index (κ1) is 34.4.